The van der Waals surface area contributed by atoms with Gasteiger partial charge in [-0.1, -0.05) is 0 Å². The Kier molecular flexibility index (Phi) is 8.08. The molecule has 0 unspecified atom stereocenters. The van der Waals surface area contributed by atoms with Crippen LogP contribution in [0.1, 0.15) is 29.8 Å². The molecule has 0 saturated heterocycles. The average Bonchev–Trinajstić information content (AvgIpc) is 2.79. The Morgan fingerprint density at radius 2 is 1.54 bits per heavy atom. The minimum Gasteiger partial charge on any atom is -0.494 e. The first-order chi connectivity index (χ1) is 16.6. The molecule has 10 heteroatoms. The molecule has 2 amide bonds. The highest BCUT2D eigenvalue weighted by molar-refractivity contribution is 7.92. The van der Waals surface area contributed by atoms with Crippen molar-refractivity contribution in [3.63, 3.8) is 0 Å². The highest BCUT2D eigenvalue weighted by atomic mass is 32.2. The molecule has 0 aliphatic heterocycles. The molecule has 0 atom stereocenters. The molecule has 0 heterocycles. The van der Waals surface area contributed by atoms with E-state index < -0.39 is 21.7 Å². The number of nitrogens with zero attached hydrogens (tertiary/aromatic N) is 1. The fourth-order valence-electron chi connectivity index (χ4n) is 3.35. The van der Waals surface area contributed by atoms with E-state index in [1.807, 2.05) is 0 Å². The van der Waals surface area contributed by atoms with Crippen molar-refractivity contribution in [3.05, 3.63) is 83.7 Å². The normalized spacial score (nSPS) is 11.0. The first-order valence-corrected chi connectivity index (χ1v) is 12.6. The highest BCUT2D eigenvalue weighted by Crippen LogP contribution is 2.27. The number of hydrogen-bond acceptors (Lipinski definition) is 5. The summed E-state index contributed by atoms with van der Waals surface area (Å²) in [5.74, 6) is -0.665. The van der Waals surface area contributed by atoms with Gasteiger partial charge >= 0.3 is 0 Å². The lowest BCUT2D eigenvalue weighted by Gasteiger charge is -2.24. The number of hydrogen-bond donors (Lipinski definition) is 2. The molecule has 0 aliphatic carbocycles. The maximum absolute atomic E-state index is 13.4. The number of rotatable bonds is 9. The summed E-state index contributed by atoms with van der Waals surface area (Å²) in [6, 6.07) is 16.5. The van der Waals surface area contributed by atoms with E-state index in [9.17, 15) is 22.4 Å². The second-order valence-electron chi connectivity index (χ2n) is 7.71. The van der Waals surface area contributed by atoms with Crippen LogP contribution >= 0.6 is 0 Å². The molecule has 0 aromatic heterocycles. The minimum atomic E-state index is -3.73. The Bertz CT molecular complexity index is 1310. The number of benzene rings is 3. The molecule has 0 fully saturated rings. The molecule has 0 radical (unpaired) electrons. The lowest BCUT2D eigenvalue weighted by atomic mass is 10.1. The van der Waals surface area contributed by atoms with Crippen molar-refractivity contribution in [2.45, 2.75) is 20.4 Å². The van der Waals surface area contributed by atoms with Crippen LogP contribution < -0.4 is 19.7 Å². The van der Waals surface area contributed by atoms with Gasteiger partial charge in [0.05, 0.1) is 25.1 Å². The third-order valence-electron chi connectivity index (χ3n) is 4.91. The standard InChI is InChI=1S/C25H26FN3O5S/c1-4-34-24-14-5-18(25(31)28-22-10-8-21(9-11-22)27-17(2)30)15-19(24)16-29(35(3,32)33)23-12-6-20(26)7-13-23/h5-15H,4,16H2,1-3H3,(H,27,30)(H,28,31). The largest absolute Gasteiger partial charge is 0.494 e. The average molecular weight is 500 g/mol. The Morgan fingerprint density at radius 1 is 0.943 bits per heavy atom. The highest BCUT2D eigenvalue weighted by Gasteiger charge is 2.21. The lowest BCUT2D eigenvalue weighted by Crippen LogP contribution is -2.29. The fourth-order valence-corrected chi connectivity index (χ4v) is 4.22. The Labute approximate surface area is 203 Å². The second-order valence-corrected chi connectivity index (χ2v) is 9.62. The summed E-state index contributed by atoms with van der Waals surface area (Å²) in [4.78, 5) is 24.1. The van der Waals surface area contributed by atoms with Crippen LogP contribution in [0.4, 0.5) is 21.5 Å². The molecule has 0 saturated carbocycles. The van der Waals surface area contributed by atoms with Crippen molar-refractivity contribution >= 4 is 38.9 Å². The van der Waals surface area contributed by atoms with Gasteiger partial charge < -0.3 is 15.4 Å². The van der Waals surface area contributed by atoms with Gasteiger partial charge in [-0.05, 0) is 73.7 Å². The minimum absolute atomic E-state index is 0.119. The SMILES string of the molecule is CCOc1ccc(C(=O)Nc2ccc(NC(C)=O)cc2)cc1CN(c1ccc(F)cc1)S(C)(=O)=O. The molecular weight excluding hydrogens is 473 g/mol. The van der Waals surface area contributed by atoms with Crippen molar-refractivity contribution < 1.29 is 27.1 Å². The van der Waals surface area contributed by atoms with Gasteiger partial charge in [0.1, 0.15) is 11.6 Å². The first kappa shape index (κ1) is 25.7. The number of sulfonamides is 1. The van der Waals surface area contributed by atoms with E-state index in [4.69, 9.17) is 4.74 Å². The lowest BCUT2D eigenvalue weighted by molar-refractivity contribution is -0.114. The number of halogens is 1. The number of anilines is 3. The van der Waals surface area contributed by atoms with Gasteiger partial charge in [0, 0.05) is 29.4 Å². The van der Waals surface area contributed by atoms with Crippen LogP contribution in [-0.2, 0) is 21.4 Å². The van der Waals surface area contributed by atoms with Crippen LogP contribution in [-0.4, -0.2) is 33.1 Å². The number of ether oxygens (including phenoxy) is 1. The van der Waals surface area contributed by atoms with Gasteiger partial charge in [-0.3, -0.25) is 13.9 Å². The Hall–Kier alpha value is -3.92. The zero-order valence-electron chi connectivity index (χ0n) is 19.5. The van der Waals surface area contributed by atoms with E-state index in [1.165, 1.54) is 31.2 Å². The van der Waals surface area contributed by atoms with E-state index in [0.717, 1.165) is 10.6 Å². The predicted molar refractivity (Wildman–Crippen MR) is 134 cm³/mol. The number of carbonyl (C=O) groups excluding carboxylic acids is 2. The smallest absolute Gasteiger partial charge is 0.255 e. The predicted octanol–water partition coefficient (Wildman–Crippen LogP) is 4.40. The maximum atomic E-state index is 13.4. The summed E-state index contributed by atoms with van der Waals surface area (Å²) in [6.45, 7) is 3.42. The van der Waals surface area contributed by atoms with Crippen LogP contribution in [0.3, 0.4) is 0 Å². The molecule has 0 spiro atoms. The van der Waals surface area contributed by atoms with Crippen molar-refractivity contribution in [3.8, 4) is 5.75 Å². The number of carbonyl (C=O) groups is 2. The van der Waals surface area contributed by atoms with Gasteiger partial charge in [-0.25, -0.2) is 12.8 Å². The summed E-state index contributed by atoms with van der Waals surface area (Å²) < 4.78 is 45.2. The van der Waals surface area contributed by atoms with Crippen LogP contribution in [0.5, 0.6) is 5.75 Å². The summed E-state index contributed by atoms with van der Waals surface area (Å²) in [7, 11) is -3.73. The topological polar surface area (TPSA) is 105 Å². The van der Waals surface area contributed by atoms with Crippen LogP contribution in [0.2, 0.25) is 0 Å². The second kappa shape index (κ2) is 11.0. The van der Waals surface area contributed by atoms with E-state index in [1.54, 1.807) is 49.4 Å². The van der Waals surface area contributed by atoms with E-state index in [-0.39, 0.29) is 18.1 Å². The third-order valence-corrected chi connectivity index (χ3v) is 6.06. The Morgan fingerprint density at radius 3 is 2.09 bits per heavy atom. The van der Waals surface area contributed by atoms with Crippen molar-refractivity contribution in [1.82, 2.24) is 0 Å². The van der Waals surface area contributed by atoms with Crippen LogP contribution in [0.15, 0.2) is 66.7 Å². The molecule has 184 valence electrons. The maximum Gasteiger partial charge on any atom is 0.255 e. The van der Waals surface area contributed by atoms with Gasteiger partial charge in [-0.2, -0.15) is 0 Å². The van der Waals surface area contributed by atoms with Crippen molar-refractivity contribution in [2.75, 3.05) is 27.8 Å². The van der Waals surface area contributed by atoms with E-state index in [0.29, 0.717) is 34.9 Å². The molecule has 3 rings (SSSR count). The molecular formula is C25H26FN3O5S. The summed E-state index contributed by atoms with van der Waals surface area (Å²) in [6.07, 6.45) is 1.05. The van der Waals surface area contributed by atoms with Gasteiger partial charge in [0.25, 0.3) is 5.91 Å². The van der Waals surface area contributed by atoms with Gasteiger partial charge in [-0.15, -0.1) is 0 Å². The summed E-state index contributed by atoms with van der Waals surface area (Å²) >= 11 is 0. The number of nitrogens with one attached hydrogen (secondary N) is 2. The van der Waals surface area contributed by atoms with E-state index in [2.05, 4.69) is 10.6 Å². The summed E-state index contributed by atoms with van der Waals surface area (Å²) in [5, 5.41) is 5.42. The number of amides is 2. The zero-order valence-corrected chi connectivity index (χ0v) is 20.4. The summed E-state index contributed by atoms with van der Waals surface area (Å²) in [5.41, 5.74) is 2.16. The van der Waals surface area contributed by atoms with Crippen molar-refractivity contribution in [1.29, 1.82) is 0 Å². The van der Waals surface area contributed by atoms with Crippen molar-refractivity contribution in [2.24, 2.45) is 0 Å². The quantitative estimate of drug-likeness (QED) is 0.454. The van der Waals surface area contributed by atoms with Crippen LogP contribution in [0, 0.1) is 5.82 Å². The van der Waals surface area contributed by atoms with Crippen LogP contribution in [0.25, 0.3) is 0 Å². The van der Waals surface area contributed by atoms with E-state index >= 15 is 0 Å². The molecule has 8 nitrogen and oxygen atoms in total. The first-order valence-electron chi connectivity index (χ1n) is 10.7. The molecule has 2 N–H and O–H groups in total. The molecule has 35 heavy (non-hydrogen) atoms. The molecule has 0 bridgehead atoms. The molecule has 0 aliphatic rings. The monoisotopic (exact) mass is 499 g/mol. The molecule has 3 aromatic rings. The zero-order chi connectivity index (χ0) is 25.6. The van der Waals surface area contributed by atoms with Gasteiger partial charge in [0.15, 0.2) is 0 Å². The van der Waals surface area contributed by atoms with Gasteiger partial charge in [0.2, 0.25) is 15.9 Å². The Balaban J connectivity index is 1.88. The molecule has 3 aromatic carbocycles. The fraction of sp³-hybridized carbons (Fsp3) is 0.200. The third kappa shape index (κ3) is 7.03.